The predicted octanol–water partition coefficient (Wildman–Crippen LogP) is 3.44. The highest BCUT2D eigenvalue weighted by atomic mass is 35.5. The highest BCUT2D eigenvalue weighted by Crippen LogP contribution is 2.26. The first-order valence-corrected chi connectivity index (χ1v) is 8.22. The van der Waals surface area contributed by atoms with Crippen molar-refractivity contribution in [2.75, 3.05) is 10.8 Å². The number of anilines is 1. The molecule has 0 N–H and O–H groups in total. The second-order valence-electron chi connectivity index (χ2n) is 4.30. The Bertz CT molecular complexity index is 794. The maximum Gasteiger partial charge on any atom is 0.264 e. The Morgan fingerprint density at radius 3 is 2.32 bits per heavy atom. The molecule has 0 heterocycles. The van der Waals surface area contributed by atoms with Crippen LogP contribution < -0.4 is 4.31 Å². The molecule has 0 saturated carbocycles. The zero-order valence-corrected chi connectivity index (χ0v) is 13.4. The molecule has 0 atom stereocenters. The summed E-state index contributed by atoms with van der Waals surface area (Å²) in [6.45, 7) is -0.568. The minimum atomic E-state index is -4.08. The van der Waals surface area contributed by atoms with Gasteiger partial charge in [-0.3, -0.25) is 9.10 Å². The van der Waals surface area contributed by atoms with Gasteiger partial charge in [0, 0.05) is 5.02 Å². The first-order valence-electron chi connectivity index (χ1n) is 6.03. The molecule has 0 bridgehead atoms. The lowest BCUT2D eigenvalue weighted by Crippen LogP contribution is -2.34. The summed E-state index contributed by atoms with van der Waals surface area (Å²) in [5, 5.41) is -0.551. The van der Waals surface area contributed by atoms with E-state index in [1.54, 1.807) is 12.1 Å². The van der Waals surface area contributed by atoms with Crippen LogP contribution in [0.25, 0.3) is 0 Å². The third-order valence-electron chi connectivity index (χ3n) is 2.77. The molecule has 0 radical (unpaired) electrons. The molecule has 0 spiro atoms. The van der Waals surface area contributed by atoms with E-state index in [9.17, 15) is 17.6 Å². The molecule has 0 aliphatic rings. The van der Waals surface area contributed by atoms with E-state index in [-0.39, 0.29) is 10.6 Å². The van der Waals surface area contributed by atoms with Gasteiger partial charge in [-0.05, 0) is 54.1 Å². The molecule has 0 amide bonds. The highest BCUT2D eigenvalue weighted by Gasteiger charge is 2.26. The lowest BCUT2D eigenvalue weighted by atomic mass is 10.3. The van der Waals surface area contributed by atoms with Gasteiger partial charge in [0.2, 0.25) is 5.24 Å². The Kier molecular flexibility index (Phi) is 5.05. The average Bonchev–Trinajstić information content (AvgIpc) is 2.45. The summed E-state index contributed by atoms with van der Waals surface area (Å²) in [4.78, 5) is 11.1. The molecular formula is C14H10Cl2FNO3S. The maximum absolute atomic E-state index is 13.0. The van der Waals surface area contributed by atoms with Crippen LogP contribution in [0.4, 0.5) is 10.1 Å². The summed E-state index contributed by atoms with van der Waals surface area (Å²) in [6, 6.07) is 10.2. The summed E-state index contributed by atoms with van der Waals surface area (Å²) < 4.78 is 39.1. The monoisotopic (exact) mass is 361 g/mol. The molecule has 0 unspecified atom stereocenters. The van der Waals surface area contributed by atoms with Crippen LogP contribution in [-0.4, -0.2) is 20.2 Å². The van der Waals surface area contributed by atoms with Gasteiger partial charge in [0.15, 0.2) is 0 Å². The lowest BCUT2D eigenvalue weighted by Gasteiger charge is -2.23. The van der Waals surface area contributed by atoms with E-state index in [2.05, 4.69) is 0 Å². The van der Waals surface area contributed by atoms with Crippen LogP contribution in [0.1, 0.15) is 0 Å². The number of hydrogen-bond donors (Lipinski definition) is 0. The normalized spacial score (nSPS) is 11.2. The number of carbonyl (C=O) groups excluding carboxylic acids is 1. The van der Waals surface area contributed by atoms with Crippen LogP contribution in [0.5, 0.6) is 0 Å². The molecule has 0 saturated heterocycles. The lowest BCUT2D eigenvalue weighted by molar-refractivity contribution is -0.110. The van der Waals surface area contributed by atoms with E-state index >= 15 is 0 Å². The molecule has 22 heavy (non-hydrogen) atoms. The average molecular weight is 362 g/mol. The Labute approximate surface area is 137 Å². The van der Waals surface area contributed by atoms with Gasteiger partial charge >= 0.3 is 0 Å². The minimum Gasteiger partial charge on any atom is -0.279 e. The standard InChI is InChI=1S/C14H10Cl2FNO3S/c15-10-2-1-3-12(8-10)18(9-14(16)19)22(20,21)13-6-4-11(17)5-7-13/h1-8H,9H2. The quantitative estimate of drug-likeness (QED) is 0.766. The van der Waals surface area contributed by atoms with Gasteiger partial charge in [-0.15, -0.1) is 0 Å². The van der Waals surface area contributed by atoms with Crippen LogP contribution in [0.2, 0.25) is 5.02 Å². The van der Waals surface area contributed by atoms with Crippen LogP contribution in [0.3, 0.4) is 0 Å². The van der Waals surface area contributed by atoms with Gasteiger partial charge in [-0.1, -0.05) is 17.7 Å². The summed E-state index contributed by atoms with van der Waals surface area (Å²) in [7, 11) is -4.08. The number of rotatable bonds is 5. The van der Waals surface area contributed by atoms with Gasteiger partial charge in [0.25, 0.3) is 10.0 Å². The number of benzene rings is 2. The van der Waals surface area contributed by atoms with Gasteiger partial charge in [0.1, 0.15) is 12.4 Å². The molecule has 116 valence electrons. The molecular weight excluding hydrogens is 352 g/mol. The Balaban J connectivity index is 2.53. The first kappa shape index (κ1) is 16.7. The number of sulfonamides is 1. The van der Waals surface area contributed by atoms with Crippen molar-refractivity contribution in [1.29, 1.82) is 0 Å². The van der Waals surface area contributed by atoms with E-state index in [4.69, 9.17) is 23.2 Å². The molecule has 0 fully saturated rings. The Hall–Kier alpha value is -1.63. The smallest absolute Gasteiger partial charge is 0.264 e. The molecule has 0 aliphatic heterocycles. The second kappa shape index (κ2) is 6.64. The molecule has 2 aromatic carbocycles. The third kappa shape index (κ3) is 3.76. The van der Waals surface area contributed by atoms with Crippen LogP contribution in [-0.2, 0) is 14.8 Å². The summed E-state index contributed by atoms with van der Waals surface area (Å²) >= 11 is 11.2. The Morgan fingerprint density at radius 2 is 1.77 bits per heavy atom. The van der Waals surface area contributed by atoms with Gasteiger partial charge in [0.05, 0.1) is 10.6 Å². The van der Waals surface area contributed by atoms with Crippen molar-refractivity contribution in [3.8, 4) is 0 Å². The molecule has 2 rings (SSSR count). The summed E-state index contributed by atoms with van der Waals surface area (Å²) in [6.07, 6.45) is 0. The number of halogens is 3. The van der Waals surface area contributed by atoms with E-state index in [0.29, 0.717) is 5.02 Å². The largest absolute Gasteiger partial charge is 0.279 e. The van der Waals surface area contributed by atoms with Crippen LogP contribution in [0, 0.1) is 5.82 Å². The first-order chi connectivity index (χ1) is 10.3. The van der Waals surface area contributed by atoms with Crippen molar-refractivity contribution in [1.82, 2.24) is 0 Å². The third-order valence-corrected chi connectivity index (χ3v) is 4.91. The number of carbonyl (C=O) groups is 1. The van der Waals surface area contributed by atoms with Crippen molar-refractivity contribution < 1.29 is 17.6 Å². The minimum absolute atomic E-state index is 0.160. The van der Waals surface area contributed by atoms with E-state index in [1.807, 2.05) is 0 Å². The zero-order valence-electron chi connectivity index (χ0n) is 11.0. The topological polar surface area (TPSA) is 54.5 Å². The van der Waals surface area contributed by atoms with E-state index in [1.165, 1.54) is 12.1 Å². The molecule has 8 heteroatoms. The molecule has 0 aromatic heterocycles. The SMILES string of the molecule is O=C(Cl)CN(c1cccc(Cl)c1)S(=O)(=O)c1ccc(F)cc1. The van der Waals surface area contributed by atoms with Crippen molar-refractivity contribution >= 4 is 44.2 Å². The number of nitrogens with zero attached hydrogens (tertiary/aromatic N) is 1. The molecule has 4 nitrogen and oxygen atoms in total. The fourth-order valence-corrected chi connectivity index (χ4v) is 3.58. The Morgan fingerprint density at radius 1 is 1.14 bits per heavy atom. The number of hydrogen-bond acceptors (Lipinski definition) is 3. The molecule has 2 aromatic rings. The zero-order chi connectivity index (χ0) is 16.3. The summed E-state index contributed by atoms with van der Waals surface area (Å²) in [5.74, 6) is -0.568. The van der Waals surface area contributed by atoms with Crippen LogP contribution in [0.15, 0.2) is 53.4 Å². The van der Waals surface area contributed by atoms with Gasteiger partial charge in [-0.2, -0.15) is 0 Å². The van der Waals surface area contributed by atoms with Crippen molar-refractivity contribution in [2.24, 2.45) is 0 Å². The van der Waals surface area contributed by atoms with E-state index in [0.717, 1.165) is 28.6 Å². The highest BCUT2D eigenvalue weighted by molar-refractivity contribution is 7.92. The van der Waals surface area contributed by atoms with Crippen molar-refractivity contribution in [2.45, 2.75) is 4.90 Å². The fourth-order valence-electron chi connectivity index (χ4n) is 1.79. The van der Waals surface area contributed by atoms with Crippen molar-refractivity contribution in [3.63, 3.8) is 0 Å². The van der Waals surface area contributed by atoms with E-state index < -0.39 is 27.6 Å². The predicted molar refractivity (Wildman–Crippen MR) is 83.2 cm³/mol. The van der Waals surface area contributed by atoms with Crippen LogP contribution >= 0.6 is 23.2 Å². The van der Waals surface area contributed by atoms with Gasteiger partial charge in [-0.25, -0.2) is 12.8 Å². The van der Waals surface area contributed by atoms with Gasteiger partial charge < -0.3 is 0 Å². The second-order valence-corrected chi connectivity index (χ2v) is 7.02. The van der Waals surface area contributed by atoms with Crippen molar-refractivity contribution in [3.05, 3.63) is 59.4 Å². The fraction of sp³-hybridized carbons (Fsp3) is 0.0714. The molecule has 0 aliphatic carbocycles. The maximum atomic E-state index is 13.0. The summed E-state index contributed by atoms with van der Waals surface area (Å²) in [5.41, 5.74) is 0.186.